The van der Waals surface area contributed by atoms with Crippen LogP contribution >= 0.6 is 15.9 Å². The second-order valence-corrected chi connectivity index (χ2v) is 5.60. The van der Waals surface area contributed by atoms with E-state index in [0.717, 1.165) is 29.5 Å². The number of piperidine rings is 1. The van der Waals surface area contributed by atoms with Crippen molar-refractivity contribution in [3.8, 4) is 0 Å². The molecule has 1 saturated heterocycles. The van der Waals surface area contributed by atoms with Gasteiger partial charge in [-0.2, -0.15) is 0 Å². The average Bonchev–Trinajstić information content (AvgIpc) is 2.39. The van der Waals surface area contributed by atoms with Crippen molar-refractivity contribution in [2.24, 2.45) is 5.92 Å². The van der Waals surface area contributed by atoms with Gasteiger partial charge < -0.3 is 10.6 Å². The van der Waals surface area contributed by atoms with E-state index in [1.807, 2.05) is 6.07 Å². The van der Waals surface area contributed by atoms with E-state index in [1.165, 1.54) is 6.42 Å². The Hall–Kier alpha value is -0.940. The van der Waals surface area contributed by atoms with E-state index in [1.54, 1.807) is 12.4 Å². The van der Waals surface area contributed by atoms with E-state index in [9.17, 15) is 4.79 Å². The van der Waals surface area contributed by atoms with E-state index in [0.29, 0.717) is 5.92 Å². The third-order valence-electron chi connectivity index (χ3n) is 3.38. The predicted octanol–water partition coefficient (Wildman–Crippen LogP) is 2.56. The number of rotatable bonds is 3. The molecule has 1 fully saturated rings. The third-order valence-corrected chi connectivity index (χ3v) is 3.81. The summed E-state index contributed by atoms with van der Waals surface area (Å²) in [5, 5.41) is 6.18. The second-order valence-electron chi connectivity index (χ2n) is 4.69. The van der Waals surface area contributed by atoms with Crippen LogP contribution in [0, 0.1) is 5.92 Å². The lowest BCUT2D eigenvalue weighted by molar-refractivity contribution is -0.119. The number of halogens is 1. The van der Waals surface area contributed by atoms with Gasteiger partial charge in [-0.25, -0.2) is 0 Å². The van der Waals surface area contributed by atoms with Crippen LogP contribution in [0.4, 0.5) is 5.69 Å². The van der Waals surface area contributed by atoms with Crippen molar-refractivity contribution >= 4 is 27.5 Å². The first-order valence-corrected chi connectivity index (χ1v) is 7.13. The van der Waals surface area contributed by atoms with Gasteiger partial charge >= 0.3 is 0 Å². The molecule has 1 aromatic heterocycles. The molecular formula is C13H18BrN3O. The van der Waals surface area contributed by atoms with Crippen LogP contribution in [0.1, 0.15) is 26.2 Å². The summed E-state index contributed by atoms with van der Waals surface area (Å²) in [5.74, 6) is 0.690. The topological polar surface area (TPSA) is 54.0 Å². The van der Waals surface area contributed by atoms with Gasteiger partial charge in [0.05, 0.1) is 17.9 Å². The monoisotopic (exact) mass is 311 g/mol. The number of pyridine rings is 1. The molecule has 2 rings (SSSR count). The maximum atomic E-state index is 12.1. The Morgan fingerprint density at radius 3 is 3.17 bits per heavy atom. The van der Waals surface area contributed by atoms with E-state index < -0.39 is 0 Å². The first-order chi connectivity index (χ1) is 8.69. The Labute approximate surface area is 116 Å². The van der Waals surface area contributed by atoms with Gasteiger partial charge in [-0.05, 0) is 47.3 Å². The lowest BCUT2D eigenvalue weighted by atomic mass is 9.90. The minimum absolute atomic E-state index is 0.0352. The molecule has 2 unspecified atom stereocenters. The maximum Gasteiger partial charge on any atom is 0.241 e. The Kier molecular flexibility index (Phi) is 4.72. The molecule has 0 spiro atoms. The van der Waals surface area contributed by atoms with Gasteiger partial charge in [-0.1, -0.05) is 13.3 Å². The van der Waals surface area contributed by atoms with Crippen molar-refractivity contribution in [2.75, 3.05) is 11.9 Å². The SMILES string of the molecule is CCC1CCNC(C(=O)Nc2cncc(Br)c2)C1. The zero-order chi connectivity index (χ0) is 13.0. The summed E-state index contributed by atoms with van der Waals surface area (Å²) < 4.78 is 0.864. The highest BCUT2D eigenvalue weighted by Crippen LogP contribution is 2.20. The summed E-state index contributed by atoms with van der Waals surface area (Å²) in [4.78, 5) is 16.2. The van der Waals surface area contributed by atoms with Crippen LogP contribution in [0.3, 0.4) is 0 Å². The number of nitrogens with zero attached hydrogens (tertiary/aromatic N) is 1. The number of hydrogen-bond donors (Lipinski definition) is 2. The molecule has 0 aliphatic carbocycles. The fourth-order valence-corrected chi connectivity index (χ4v) is 2.64. The third kappa shape index (κ3) is 3.53. The lowest BCUT2D eigenvalue weighted by Gasteiger charge is -2.28. The molecule has 18 heavy (non-hydrogen) atoms. The molecule has 1 aliphatic rings. The van der Waals surface area contributed by atoms with Crippen molar-refractivity contribution in [3.63, 3.8) is 0 Å². The zero-order valence-corrected chi connectivity index (χ0v) is 12.0. The number of amides is 1. The van der Waals surface area contributed by atoms with Gasteiger partial charge in [0.2, 0.25) is 5.91 Å². The molecule has 2 N–H and O–H groups in total. The maximum absolute atomic E-state index is 12.1. The summed E-state index contributed by atoms with van der Waals surface area (Å²) in [6, 6.07) is 1.77. The number of carbonyl (C=O) groups excluding carboxylic acids is 1. The molecule has 1 aromatic rings. The smallest absolute Gasteiger partial charge is 0.241 e. The molecule has 0 bridgehead atoms. The molecule has 4 nitrogen and oxygen atoms in total. The Morgan fingerprint density at radius 2 is 2.44 bits per heavy atom. The van der Waals surface area contributed by atoms with Gasteiger partial charge in [-0.15, -0.1) is 0 Å². The number of aromatic nitrogens is 1. The highest BCUT2D eigenvalue weighted by Gasteiger charge is 2.25. The Balaban J connectivity index is 1.95. The molecule has 1 aliphatic heterocycles. The van der Waals surface area contributed by atoms with Crippen LogP contribution in [-0.4, -0.2) is 23.5 Å². The number of carbonyl (C=O) groups is 1. The standard InChI is InChI=1S/C13H18BrN3O/c1-2-9-3-4-16-12(5-9)13(18)17-11-6-10(14)7-15-8-11/h6-9,12,16H,2-5H2,1H3,(H,17,18). The number of nitrogens with one attached hydrogen (secondary N) is 2. The number of anilines is 1. The summed E-state index contributed by atoms with van der Waals surface area (Å²) in [5.41, 5.74) is 0.731. The fraction of sp³-hybridized carbons (Fsp3) is 0.538. The van der Waals surface area contributed by atoms with Crippen molar-refractivity contribution in [2.45, 2.75) is 32.2 Å². The summed E-state index contributed by atoms with van der Waals surface area (Å²) in [7, 11) is 0. The second kappa shape index (κ2) is 6.29. The summed E-state index contributed by atoms with van der Waals surface area (Å²) >= 11 is 3.34. The minimum atomic E-state index is -0.0809. The van der Waals surface area contributed by atoms with Gasteiger partial charge in [0, 0.05) is 10.7 Å². The van der Waals surface area contributed by atoms with E-state index in [4.69, 9.17) is 0 Å². The van der Waals surface area contributed by atoms with E-state index >= 15 is 0 Å². The van der Waals surface area contributed by atoms with Crippen LogP contribution in [0.15, 0.2) is 22.9 Å². The molecule has 2 atom stereocenters. The Morgan fingerprint density at radius 1 is 1.61 bits per heavy atom. The quantitative estimate of drug-likeness (QED) is 0.902. The Bertz CT molecular complexity index is 424. The van der Waals surface area contributed by atoms with E-state index in [2.05, 4.69) is 38.5 Å². The van der Waals surface area contributed by atoms with Crippen molar-refractivity contribution in [1.82, 2.24) is 10.3 Å². The van der Waals surface area contributed by atoms with Crippen LogP contribution in [0.25, 0.3) is 0 Å². The van der Waals surface area contributed by atoms with Crippen LogP contribution in [0.2, 0.25) is 0 Å². The van der Waals surface area contributed by atoms with Crippen molar-refractivity contribution in [3.05, 3.63) is 22.9 Å². The number of hydrogen-bond acceptors (Lipinski definition) is 3. The zero-order valence-electron chi connectivity index (χ0n) is 10.4. The predicted molar refractivity (Wildman–Crippen MR) is 75.4 cm³/mol. The van der Waals surface area contributed by atoms with Gasteiger partial charge in [0.15, 0.2) is 0 Å². The van der Waals surface area contributed by atoms with Crippen LogP contribution in [-0.2, 0) is 4.79 Å². The van der Waals surface area contributed by atoms with Gasteiger partial charge in [-0.3, -0.25) is 9.78 Å². The normalized spacial score (nSPS) is 23.7. The molecule has 0 radical (unpaired) electrons. The largest absolute Gasteiger partial charge is 0.323 e. The highest BCUT2D eigenvalue weighted by molar-refractivity contribution is 9.10. The molecule has 98 valence electrons. The first-order valence-electron chi connectivity index (χ1n) is 6.34. The average molecular weight is 312 g/mol. The van der Waals surface area contributed by atoms with Gasteiger partial charge in [0.25, 0.3) is 0 Å². The molecule has 0 saturated carbocycles. The summed E-state index contributed by atoms with van der Waals surface area (Å²) in [6.45, 7) is 3.11. The molecule has 1 amide bonds. The van der Waals surface area contributed by atoms with E-state index in [-0.39, 0.29) is 11.9 Å². The molecule has 2 heterocycles. The molecule has 0 aromatic carbocycles. The van der Waals surface area contributed by atoms with Crippen molar-refractivity contribution in [1.29, 1.82) is 0 Å². The first kappa shape index (κ1) is 13.5. The van der Waals surface area contributed by atoms with Crippen molar-refractivity contribution < 1.29 is 4.79 Å². The molecular weight excluding hydrogens is 294 g/mol. The van der Waals surface area contributed by atoms with Crippen LogP contribution in [0.5, 0.6) is 0 Å². The van der Waals surface area contributed by atoms with Gasteiger partial charge in [0.1, 0.15) is 0 Å². The lowest BCUT2D eigenvalue weighted by Crippen LogP contribution is -2.46. The minimum Gasteiger partial charge on any atom is -0.323 e. The highest BCUT2D eigenvalue weighted by atomic mass is 79.9. The van der Waals surface area contributed by atoms with Crippen LogP contribution < -0.4 is 10.6 Å². The molecule has 5 heteroatoms. The summed E-state index contributed by atoms with van der Waals surface area (Å²) in [6.07, 6.45) is 6.58. The fourth-order valence-electron chi connectivity index (χ4n) is 2.28.